The summed E-state index contributed by atoms with van der Waals surface area (Å²) in [7, 11) is 1.90. The molecule has 2 aliphatic heterocycles. The molecule has 134 valence electrons. The van der Waals surface area contributed by atoms with Gasteiger partial charge in [-0.3, -0.25) is 9.48 Å². The van der Waals surface area contributed by atoms with Crippen molar-refractivity contribution in [2.75, 3.05) is 32.8 Å². The van der Waals surface area contributed by atoms with Gasteiger partial charge in [0.25, 0.3) is 0 Å². The summed E-state index contributed by atoms with van der Waals surface area (Å²) in [5, 5.41) is 7.69. The first-order valence-corrected chi connectivity index (χ1v) is 9.09. The fourth-order valence-electron chi connectivity index (χ4n) is 3.89. The van der Waals surface area contributed by atoms with E-state index >= 15 is 0 Å². The van der Waals surface area contributed by atoms with Crippen LogP contribution in [0.3, 0.4) is 0 Å². The monoisotopic (exact) mass is 334 g/mol. The van der Waals surface area contributed by atoms with Crippen LogP contribution < -0.4 is 5.32 Å². The van der Waals surface area contributed by atoms with Gasteiger partial charge in [0.05, 0.1) is 19.3 Å². The lowest BCUT2D eigenvalue weighted by Crippen LogP contribution is -2.51. The molecule has 6 heteroatoms. The highest BCUT2D eigenvalue weighted by Crippen LogP contribution is 2.30. The van der Waals surface area contributed by atoms with Crippen molar-refractivity contribution in [3.63, 3.8) is 0 Å². The van der Waals surface area contributed by atoms with Crippen LogP contribution in [0.5, 0.6) is 0 Å². The second-order valence-electron chi connectivity index (χ2n) is 7.59. The van der Waals surface area contributed by atoms with Crippen molar-refractivity contribution in [2.45, 2.75) is 38.7 Å². The Morgan fingerprint density at radius 2 is 2.42 bits per heavy atom. The number of carbonyl (C=O) groups excluding carboxylic acids is 1. The van der Waals surface area contributed by atoms with Gasteiger partial charge in [-0.05, 0) is 44.7 Å². The molecule has 0 aromatic carbocycles. The van der Waals surface area contributed by atoms with Crippen molar-refractivity contribution in [2.24, 2.45) is 18.9 Å². The molecule has 6 nitrogen and oxygen atoms in total. The highest BCUT2D eigenvalue weighted by Gasteiger charge is 2.37. The van der Waals surface area contributed by atoms with Gasteiger partial charge in [0.2, 0.25) is 5.91 Å². The predicted molar refractivity (Wildman–Crippen MR) is 92.5 cm³/mol. The lowest BCUT2D eigenvalue weighted by Gasteiger charge is -2.40. The molecule has 2 aliphatic rings. The van der Waals surface area contributed by atoms with E-state index in [9.17, 15) is 4.79 Å². The third-order valence-corrected chi connectivity index (χ3v) is 5.58. The number of hydrogen-bond acceptors (Lipinski definition) is 4. The number of aromatic nitrogens is 2. The van der Waals surface area contributed by atoms with Crippen LogP contribution in [0.15, 0.2) is 12.4 Å². The Morgan fingerprint density at radius 1 is 1.58 bits per heavy atom. The van der Waals surface area contributed by atoms with E-state index in [0.717, 1.165) is 18.7 Å². The number of piperidine rings is 1. The number of rotatable bonds is 4. The zero-order valence-corrected chi connectivity index (χ0v) is 15.1. The van der Waals surface area contributed by atoms with Gasteiger partial charge in [-0.2, -0.15) is 5.10 Å². The molecule has 1 aromatic rings. The number of hydrogen-bond donors (Lipinski definition) is 1. The first kappa shape index (κ1) is 17.4. The zero-order valence-electron chi connectivity index (χ0n) is 15.1. The van der Waals surface area contributed by atoms with Crippen molar-refractivity contribution < 1.29 is 9.53 Å². The van der Waals surface area contributed by atoms with Gasteiger partial charge in [-0.15, -0.1) is 0 Å². The Morgan fingerprint density at radius 3 is 3.08 bits per heavy atom. The summed E-state index contributed by atoms with van der Waals surface area (Å²) >= 11 is 0. The summed E-state index contributed by atoms with van der Waals surface area (Å²) in [4.78, 5) is 14.8. The van der Waals surface area contributed by atoms with E-state index in [1.807, 2.05) is 24.3 Å². The molecule has 2 fully saturated rings. The third-order valence-electron chi connectivity index (χ3n) is 5.58. The molecule has 1 amide bonds. The van der Waals surface area contributed by atoms with Crippen molar-refractivity contribution in [1.29, 1.82) is 0 Å². The molecule has 3 heterocycles. The number of morpholine rings is 1. The van der Waals surface area contributed by atoms with E-state index < -0.39 is 5.60 Å². The van der Waals surface area contributed by atoms with Gasteiger partial charge in [0.1, 0.15) is 5.60 Å². The van der Waals surface area contributed by atoms with Gasteiger partial charge < -0.3 is 15.0 Å². The smallest absolute Gasteiger partial charge is 0.223 e. The maximum Gasteiger partial charge on any atom is 0.223 e. The van der Waals surface area contributed by atoms with Crippen LogP contribution in [0, 0.1) is 11.8 Å². The van der Waals surface area contributed by atoms with Gasteiger partial charge in [-0.1, -0.05) is 6.92 Å². The van der Waals surface area contributed by atoms with E-state index in [1.54, 1.807) is 4.68 Å². The molecule has 0 saturated carbocycles. The molecular weight excluding hydrogens is 304 g/mol. The lowest BCUT2D eigenvalue weighted by molar-refractivity contribution is -0.150. The summed E-state index contributed by atoms with van der Waals surface area (Å²) in [5.41, 5.74) is 0.574. The second-order valence-corrected chi connectivity index (χ2v) is 7.59. The van der Waals surface area contributed by atoms with Crippen molar-refractivity contribution in [1.82, 2.24) is 20.0 Å². The van der Waals surface area contributed by atoms with E-state index in [4.69, 9.17) is 4.74 Å². The second kappa shape index (κ2) is 7.23. The summed E-state index contributed by atoms with van der Waals surface area (Å²) in [6, 6.07) is 0. The van der Waals surface area contributed by atoms with Crippen molar-refractivity contribution in [3.8, 4) is 0 Å². The minimum Gasteiger partial charge on any atom is -0.367 e. The van der Waals surface area contributed by atoms with Crippen molar-refractivity contribution >= 4 is 5.91 Å². The van der Waals surface area contributed by atoms with Crippen LogP contribution in [-0.2, 0) is 22.2 Å². The number of nitrogens with one attached hydrogen (secondary N) is 1. The van der Waals surface area contributed by atoms with Crippen molar-refractivity contribution in [3.05, 3.63) is 18.0 Å². The minimum atomic E-state index is -0.461. The zero-order chi connectivity index (χ0) is 17.2. The number of nitrogens with zero attached hydrogens (tertiary/aromatic N) is 3. The van der Waals surface area contributed by atoms with E-state index in [1.165, 1.54) is 12.8 Å². The Balaban J connectivity index is 1.60. The lowest BCUT2D eigenvalue weighted by atomic mass is 9.85. The molecule has 1 N–H and O–H groups in total. The van der Waals surface area contributed by atoms with Gasteiger partial charge >= 0.3 is 0 Å². The number of amides is 1. The predicted octanol–water partition coefficient (Wildman–Crippen LogP) is 1.52. The molecule has 1 aromatic heterocycles. The Hall–Kier alpha value is -1.40. The summed E-state index contributed by atoms with van der Waals surface area (Å²) < 4.78 is 7.79. The Bertz CT molecular complexity index is 567. The van der Waals surface area contributed by atoms with Crippen LogP contribution >= 0.6 is 0 Å². The van der Waals surface area contributed by atoms with Gasteiger partial charge in [0, 0.05) is 31.8 Å². The van der Waals surface area contributed by atoms with Gasteiger partial charge in [0.15, 0.2) is 0 Å². The largest absolute Gasteiger partial charge is 0.367 e. The van der Waals surface area contributed by atoms with E-state index in [2.05, 4.69) is 24.3 Å². The highest BCUT2D eigenvalue weighted by atomic mass is 16.5. The molecule has 3 atom stereocenters. The first-order valence-electron chi connectivity index (χ1n) is 9.09. The fraction of sp³-hybridized carbons (Fsp3) is 0.778. The topological polar surface area (TPSA) is 59.4 Å². The standard InChI is InChI=1S/C18H30N4O2/c1-14(15-5-4-6-19-10-15)9-17(23)22-7-8-24-18(2,13-22)16-11-20-21(3)12-16/h11-12,14-15,19H,4-10,13H2,1-3H3/t14-,15+,18+/m1/s1. The van der Waals surface area contributed by atoms with Gasteiger partial charge in [-0.25, -0.2) is 0 Å². The van der Waals surface area contributed by atoms with E-state index in [-0.39, 0.29) is 5.91 Å². The maximum absolute atomic E-state index is 12.8. The molecule has 0 bridgehead atoms. The molecule has 0 unspecified atom stereocenters. The number of aryl methyl sites for hydroxylation is 1. The Kier molecular flexibility index (Phi) is 5.25. The average Bonchev–Trinajstić information content (AvgIpc) is 3.03. The highest BCUT2D eigenvalue weighted by molar-refractivity contribution is 5.76. The normalized spacial score (nSPS) is 29.5. The van der Waals surface area contributed by atoms with Crippen LogP contribution in [-0.4, -0.2) is 53.4 Å². The Labute approximate surface area is 144 Å². The summed E-state index contributed by atoms with van der Waals surface area (Å²) in [6.45, 7) is 8.30. The SMILES string of the molecule is C[C@H](CC(=O)N1CCO[C@](C)(c2cnn(C)c2)C1)[C@H]1CCCNC1. The maximum atomic E-state index is 12.8. The first-order chi connectivity index (χ1) is 11.5. The average molecular weight is 334 g/mol. The van der Waals surface area contributed by atoms with Crippen LogP contribution in [0.25, 0.3) is 0 Å². The molecule has 0 radical (unpaired) electrons. The summed E-state index contributed by atoms with van der Waals surface area (Å²) in [6.07, 6.45) is 6.90. The molecule has 2 saturated heterocycles. The fourth-order valence-corrected chi connectivity index (χ4v) is 3.89. The summed E-state index contributed by atoms with van der Waals surface area (Å²) in [5.74, 6) is 1.30. The molecule has 0 aliphatic carbocycles. The third kappa shape index (κ3) is 3.81. The molecule has 0 spiro atoms. The molecule has 24 heavy (non-hydrogen) atoms. The van der Waals surface area contributed by atoms with E-state index in [0.29, 0.717) is 38.0 Å². The number of carbonyl (C=O) groups is 1. The molecular formula is C18H30N4O2. The van der Waals surface area contributed by atoms with Crippen LogP contribution in [0.2, 0.25) is 0 Å². The van der Waals surface area contributed by atoms with Crippen LogP contribution in [0.1, 0.15) is 38.7 Å². The number of ether oxygens (including phenoxy) is 1. The quantitative estimate of drug-likeness (QED) is 0.907. The minimum absolute atomic E-state index is 0.256. The van der Waals surface area contributed by atoms with Crippen LogP contribution in [0.4, 0.5) is 0 Å². The molecule has 3 rings (SSSR count).